The highest BCUT2D eigenvalue weighted by Crippen LogP contribution is 2.40. The minimum atomic E-state index is -4.56. The van der Waals surface area contributed by atoms with E-state index in [1.807, 2.05) is 38.0 Å². The highest BCUT2D eigenvalue weighted by molar-refractivity contribution is 5.98. The van der Waals surface area contributed by atoms with Gasteiger partial charge in [0.1, 0.15) is 22.9 Å². The summed E-state index contributed by atoms with van der Waals surface area (Å²) in [5.41, 5.74) is -0.988. The molecule has 0 bridgehead atoms. The molecule has 0 unspecified atom stereocenters. The number of hydrogen-bond acceptors (Lipinski definition) is 8. The molecule has 4 rings (SSSR count). The zero-order valence-corrected chi connectivity index (χ0v) is 30.6. The van der Waals surface area contributed by atoms with Gasteiger partial charge in [0.05, 0.1) is 48.6 Å². The Morgan fingerprint density at radius 2 is 0.962 bits per heavy atom. The molecule has 52 heavy (non-hydrogen) atoms. The van der Waals surface area contributed by atoms with Crippen molar-refractivity contribution in [2.45, 2.75) is 39.0 Å². The van der Waals surface area contributed by atoms with E-state index in [2.05, 4.69) is 0 Å². The Morgan fingerprint density at radius 3 is 1.25 bits per heavy atom. The molecule has 2 heterocycles. The molecule has 10 nitrogen and oxygen atoms in total. The van der Waals surface area contributed by atoms with Gasteiger partial charge in [-0.05, 0) is 79.1 Å². The monoisotopic (exact) mass is 744 g/mol. The van der Waals surface area contributed by atoms with Crippen molar-refractivity contribution < 1.29 is 54.9 Å². The Bertz CT molecular complexity index is 1700. The van der Waals surface area contributed by atoms with Gasteiger partial charge in [-0.15, -0.1) is 0 Å². The van der Waals surface area contributed by atoms with Gasteiger partial charge in [-0.2, -0.15) is 26.3 Å². The molecule has 16 heteroatoms. The van der Waals surface area contributed by atoms with Crippen molar-refractivity contribution in [3.05, 3.63) is 58.9 Å². The summed E-state index contributed by atoms with van der Waals surface area (Å²) in [6, 6.07) is 7.42. The number of hydrogen-bond donors (Lipinski definition) is 0. The molecule has 0 radical (unpaired) electrons. The summed E-state index contributed by atoms with van der Waals surface area (Å²) in [5.74, 6) is -1.07. The average molecular weight is 745 g/mol. The van der Waals surface area contributed by atoms with Crippen LogP contribution in [-0.4, -0.2) is 98.6 Å². The van der Waals surface area contributed by atoms with Crippen LogP contribution in [-0.2, 0) is 35.9 Å². The maximum Gasteiger partial charge on any atom is 0.417 e. The molecule has 0 saturated heterocycles. The molecule has 0 aliphatic heterocycles. The van der Waals surface area contributed by atoms with Crippen molar-refractivity contribution in [2.24, 2.45) is 14.1 Å². The molecule has 4 aromatic rings. The molecule has 0 amide bonds. The maximum absolute atomic E-state index is 13.5. The zero-order chi connectivity index (χ0) is 39.0. The summed E-state index contributed by atoms with van der Waals surface area (Å²) in [6.07, 6.45) is -7.75. The highest BCUT2D eigenvalue weighted by atomic mass is 19.4. The summed E-state index contributed by atoms with van der Waals surface area (Å²) in [6.45, 7) is 5.71. The summed E-state index contributed by atoms with van der Waals surface area (Å²) < 4.78 is 105. The van der Waals surface area contributed by atoms with Gasteiger partial charge in [0.15, 0.2) is 0 Å². The minimum absolute atomic E-state index is 0.0521. The number of halogens is 6. The van der Waals surface area contributed by atoms with Crippen LogP contribution in [0.1, 0.15) is 58.8 Å². The third-order valence-corrected chi connectivity index (χ3v) is 7.89. The molecule has 0 atom stereocenters. The molecular weight excluding hydrogens is 698 g/mol. The minimum Gasteiger partial charge on any atom is -0.493 e. The number of esters is 2. The van der Waals surface area contributed by atoms with Crippen LogP contribution in [0.2, 0.25) is 0 Å². The third kappa shape index (κ3) is 10.8. The number of fused-ring (bicyclic) bond motifs is 2. The van der Waals surface area contributed by atoms with E-state index in [-0.39, 0.29) is 57.9 Å². The first-order valence-electron chi connectivity index (χ1n) is 16.6. The first-order chi connectivity index (χ1) is 24.3. The Morgan fingerprint density at radius 1 is 0.615 bits per heavy atom. The third-order valence-electron chi connectivity index (χ3n) is 7.89. The predicted octanol–water partition coefficient (Wildman–Crippen LogP) is 7.41. The Balaban J connectivity index is 0.000000280. The number of alkyl halides is 6. The number of carbonyl (C=O) groups excluding carboxylic acids is 2. The summed E-state index contributed by atoms with van der Waals surface area (Å²) in [4.78, 5) is 27.9. The van der Waals surface area contributed by atoms with Crippen molar-refractivity contribution in [1.82, 2.24) is 18.9 Å². The van der Waals surface area contributed by atoms with Crippen molar-refractivity contribution in [3.63, 3.8) is 0 Å². The highest BCUT2D eigenvalue weighted by Gasteiger charge is 2.36. The van der Waals surface area contributed by atoms with Gasteiger partial charge in [-0.1, -0.05) is 0 Å². The van der Waals surface area contributed by atoms with Crippen molar-refractivity contribution in [1.29, 1.82) is 0 Å². The predicted molar refractivity (Wildman–Crippen MR) is 185 cm³/mol. The molecule has 0 fully saturated rings. The van der Waals surface area contributed by atoms with Gasteiger partial charge in [-0.3, -0.25) is 0 Å². The number of ether oxygens (including phenoxy) is 4. The van der Waals surface area contributed by atoms with Gasteiger partial charge in [0, 0.05) is 50.1 Å². The van der Waals surface area contributed by atoms with E-state index in [0.29, 0.717) is 26.1 Å². The van der Waals surface area contributed by atoms with Crippen LogP contribution >= 0.6 is 0 Å². The Kier molecular flexibility index (Phi) is 14.4. The van der Waals surface area contributed by atoms with Crippen LogP contribution in [0.15, 0.2) is 36.4 Å². The molecule has 288 valence electrons. The van der Waals surface area contributed by atoms with E-state index < -0.39 is 35.4 Å². The van der Waals surface area contributed by atoms with E-state index in [1.165, 1.54) is 47.5 Å². The van der Waals surface area contributed by atoms with Crippen LogP contribution in [0.4, 0.5) is 26.3 Å². The van der Waals surface area contributed by atoms with Crippen molar-refractivity contribution in [2.75, 3.05) is 67.7 Å². The molecule has 2 aromatic heterocycles. The lowest BCUT2D eigenvalue weighted by Gasteiger charge is -2.14. The number of aryl methyl sites for hydroxylation is 2. The molecule has 0 aliphatic carbocycles. The van der Waals surface area contributed by atoms with Crippen LogP contribution < -0.4 is 9.47 Å². The van der Waals surface area contributed by atoms with E-state index >= 15 is 0 Å². The van der Waals surface area contributed by atoms with E-state index in [0.717, 1.165) is 25.2 Å². The maximum atomic E-state index is 13.5. The summed E-state index contributed by atoms with van der Waals surface area (Å²) >= 11 is 0. The number of carbonyl (C=O) groups is 2. The lowest BCUT2D eigenvalue weighted by Crippen LogP contribution is -2.15. The second-order valence-electron chi connectivity index (χ2n) is 12.4. The number of benzene rings is 2. The Hall–Kier alpha value is -4.44. The second-order valence-corrected chi connectivity index (χ2v) is 12.4. The molecule has 0 spiro atoms. The number of rotatable bonds is 14. The smallest absolute Gasteiger partial charge is 0.417 e. The zero-order valence-electron chi connectivity index (χ0n) is 30.6. The molecular formula is C36H46F6N4O6. The quantitative estimate of drug-likeness (QED) is 0.0750. The van der Waals surface area contributed by atoms with Gasteiger partial charge >= 0.3 is 24.3 Å². The van der Waals surface area contributed by atoms with Crippen molar-refractivity contribution in [3.8, 4) is 11.5 Å². The van der Waals surface area contributed by atoms with Crippen LogP contribution in [0.25, 0.3) is 21.8 Å². The molecule has 2 aromatic carbocycles. The number of nitrogens with zero attached hydrogens (tertiary/aromatic N) is 4. The van der Waals surface area contributed by atoms with Crippen LogP contribution in [0.3, 0.4) is 0 Å². The average Bonchev–Trinajstić information content (AvgIpc) is 3.56. The molecule has 0 N–H and O–H groups in total. The van der Waals surface area contributed by atoms with Gasteiger partial charge in [0.25, 0.3) is 0 Å². The first kappa shape index (κ1) is 42.0. The second kappa shape index (κ2) is 17.9. The van der Waals surface area contributed by atoms with Gasteiger partial charge < -0.3 is 37.9 Å². The summed E-state index contributed by atoms with van der Waals surface area (Å²) in [7, 11) is 10.7. The SMILES string of the molecule is CCOC(=O)c1cc2c(C(F)(F)F)cc(OCCCN(C)C)cc2n1C.CCOC(=O)c1cc2c(C(F)(F)F)cc(OCCCN(C)C)cc2n1C. The lowest BCUT2D eigenvalue weighted by atomic mass is 10.1. The van der Waals surface area contributed by atoms with E-state index in [9.17, 15) is 35.9 Å². The normalized spacial score (nSPS) is 12.0. The van der Waals surface area contributed by atoms with Crippen LogP contribution in [0.5, 0.6) is 11.5 Å². The summed E-state index contributed by atoms with van der Waals surface area (Å²) in [5, 5.41) is -0.104. The fourth-order valence-corrected chi connectivity index (χ4v) is 5.39. The van der Waals surface area contributed by atoms with Crippen LogP contribution in [0, 0.1) is 0 Å². The fraction of sp³-hybridized carbons (Fsp3) is 0.500. The largest absolute Gasteiger partial charge is 0.493 e. The van der Waals surface area contributed by atoms with E-state index in [4.69, 9.17) is 18.9 Å². The standard InChI is InChI=1S/2C18H23F3N2O3/c2*1-5-25-17(24)16-11-13-14(18(19,20)21)9-12(10-15(13)23(16)4)26-8-6-7-22(2)3/h2*9-11H,5-8H2,1-4H3. The lowest BCUT2D eigenvalue weighted by molar-refractivity contribution is -0.137. The number of aromatic nitrogens is 2. The van der Waals surface area contributed by atoms with Crippen molar-refractivity contribution >= 4 is 33.7 Å². The topological polar surface area (TPSA) is 87.4 Å². The Labute approximate surface area is 298 Å². The fourth-order valence-electron chi connectivity index (χ4n) is 5.39. The van der Waals surface area contributed by atoms with Gasteiger partial charge in [0.2, 0.25) is 0 Å². The van der Waals surface area contributed by atoms with E-state index in [1.54, 1.807) is 13.8 Å². The van der Waals surface area contributed by atoms with Gasteiger partial charge in [-0.25, -0.2) is 9.59 Å². The molecule has 0 aliphatic rings. The molecule has 0 saturated carbocycles. The first-order valence-corrected chi connectivity index (χ1v) is 16.6.